The van der Waals surface area contributed by atoms with Crippen molar-refractivity contribution >= 4 is 22.5 Å². The molecule has 0 atom stereocenters. The normalized spacial score (nSPS) is 17.7. The van der Waals surface area contributed by atoms with Gasteiger partial charge in [-0.2, -0.15) is 13.2 Å². The maximum absolute atomic E-state index is 13.1. The molecule has 1 aliphatic carbocycles. The Morgan fingerprint density at radius 1 is 1.03 bits per heavy atom. The fraction of sp³-hybridized carbons (Fsp3) is 0.400. The van der Waals surface area contributed by atoms with Gasteiger partial charge in [-0.1, -0.05) is 18.9 Å². The van der Waals surface area contributed by atoms with E-state index >= 15 is 0 Å². The predicted molar refractivity (Wildman–Crippen MR) is 119 cm³/mol. The van der Waals surface area contributed by atoms with Gasteiger partial charge < -0.3 is 14.8 Å². The molecular formula is C25H26F3N3O. The second kappa shape index (κ2) is 7.87. The molecule has 0 spiro atoms. The molecule has 1 saturated carbocycles. The molecule has 3 aromatic rings. The van der Waals surface area contributed by atoms with Crippen LogP contribution in [0.25, 0.3) is 16.6 Å². The average molecular weight is 441 g/mol. The third-order valence-corrected chi connectivity index (χ3v) is 6.76. The number of halogens is 3. The number of aryl methyl sites for hydroxylation is 1. The Morgan fingerprint density at radius 2 is 1.75 bits per heavy atom. The van der Waals surface area contributed by atoms with E-state index in [9.17, 15) is 18.0 Å². The van der Waals surface area contributed by atoms with E-state index in [1.807, 2.05) is 42.0 Å². The van der Waals surface area contributed by atoms with Gasteiger partial charge in [-0.25, -0.2) is 0 Å². The van der Waals surface area contributed by atoms with E-state index in [-0.39, 0.29) is 11.8 Å². The number of rotatable bonds is 4. The lowest BCUT2D eigenvalue weighted by atomic mass is 9.97. The van der Waals surface area contributed by atoms with Crippen LogP contribution in [0.3, 0.4) is 0 Å². The van der Waals surface area contributed by atoms with Crippen LogP contribution >= 0.6 is 0 Å². The molecule has 4 nitrogen and oxygen atoms in total. The van der Waals surface area contributed by atoms with E-state index in [1.165, 1.54) is 25.0 Å². The second-order valence-corrected chi connectivity index (χ2v) is 9.02. The molecule has 1 saturated heterocycles. The lowest BCUT2D eigenvalue weighted by Gasteiger charge is -2.40. The number of fused-ring (bicyclic) bond motifs is 1. The van der Waals surface area contributed by atoms with Crippen molar-refractivity contribution in [2.75, 3.05) is 18.0 Å². The molecule has 1 N–H and O–H groups in total. The van der Waals surface area contributed by atoms with Crippen LogP contribution in [0.5, 0.6) is 0 Å². The molecule has 0 radical (unpaired) electrons. The highest BCUT2D eigenvalue weighted by molar-refractivity contribution is 5.86. The summed E-state index contributed by atoms with van der Waals surface area (Å²) in [6.07, 6.45) is 2.07. The quantitative estimate of drug-likeness (QED) is 0.584. The highest BCUT2D eigenvalue weighted by atomic mass is 19.4. The van der Waals surface area contributed by atoms with E-state index in [1.54, 1.807) is 0 Å². The van der Waals surface area contributed by atoms with E-state index < -0.39 is 11.7 Å². The van der Waals surface area contributed by atoms with Crippen molar-refractivity contribution in [2.24, 2.45) is 5.92 Å². The molecular weight excluding hydrogens is 415 g/mol. The third kappa shape index (κ3) is 3.85. The van der Waals surface area contributed by atoms with Gasteiger partial charge in [-0.3, -0.25) is 4.79 Å². The number of carbonyl (C=O) groups excluding carboxylic acids is 1. The Morgan fingerprint density at radius 3 is 2.47 bits per heavy atom. The van der Waals surface area contributed by atoms with Crippen LogP contribution in [0.1, 0.15) is 36.8 Å². The average Bonchev–Trinajstić information content (AvgIpc) is 3.34. The van der Waals surface area contributed by atoms with Crippen molar-refractivity contribution in [3.05, 3.63) is 59.8 Å². The van der Waals surface area contributed by atoms with Gasteiger partial charge in [-0.05, 0) is 61.7 Å². The first-order valence-electron chi connectivity index (χ1n) is 11.1. The minimum atomic E-state index is -4.36. The summed E-state index contributed by atoms with van der Waals surface area (Å²) in [7, 11) is 0. The van der Waals surface area contributed by atoms with Crippen LogP contribution in [0.15, 0.2) is 48.7 Å². The summed E-state index contributed by atoms with van der Waals surface area (Å²) in [5.74, 6) is 0.159. The van der Waals surface area contributed by atoms with Gasteiger partial charge >= 0.3 is 6.18 Å². The van der Waals surface area contributed by atoms with Crippen molar-refractivity contribution in [3.8, 4) is 5.69 Å². The van der Waals surface area contributed by atoms with Crippen LogP contribution < -0.4 is 10.2 Å². The minimum absolute atomic E-state index is 0.00898. The molecule has 32 heavy (non-hydrogen) atoms. The first kappa shape index (κ1) is 20.9. The first-order valence-corrected chi connectivity index (χ1v) is 11.1. The summed E-state index contributed by atoms with van der Waals surface area (Å²) in [4.78, 5) is 14.6. The smallest absolute Gasteiger partial charge is 0.370 e. The van der Waals surface area contributed by atoms with Gasteiger partial charge in [-0.15, -0.1) is 0 Å². The molecule has 2 aliphatic rings. The number of hydrogen-bond acceptors (Lipinski definition) is 2. The summed E-state index contributed by atoms with van der Waals surface area (Å²) >= 11 is 0. The van der Waals surface area contributed by atoms with Gasteiger partial charge in [0.1, 0.15) is 0 Å². The van der Waals surface area contributed by atoms with Crippen molar-refractivity contribution in [1.82, 2.24) is 9.88 Å². The number of nitrogens with one attached hydrogen (secondary N) is 1. The zero-order valence-corrected chi connectivity index (χ0v) is 18.0. The topological polar surface area (TPSA) is 37.3 Å². The van der Waals surface area contributed by atoms with Crippen molar-refractivity contribution in [3.63, 3.8) is 0 Å². The molecule has 168 valence electrons. The van der Waals surface area contributed by atoms with Crippen LogP contribution in [0.4, 0.5) is 18.9 Å². The molecule has 1 amide bonds. The first-order chi connectivity index (χ1) is 15.3. The van der Waals surface area contributed by atoms with Gasteiger partial charge in [0.25, 0.3) is 0 Å². The molecule has 1 aliphatic heterocycles. The molecule has 2 heterocycles. The summed E-state index contributed by atoms with van der Waals surface area (Å²) in [6, 6.07) is 12.1. The number of alkyl halides is 3. The zero-order valence-electron chi connectivity index (χ0n) is 18.0. The summed E-state index contributed by atoms with van der Waals surface area (Å²) in [6.45, 7) is 3.19. The van der Waals surface area contributed by atoms with Crippen LogP contribution in [0, 0.1) is 12.8 Å². The molecule has 0 unspecified atom stereocenters. The summed E-state index contributed by atoms with van der Waals surface area (Å²) in [5, 5.41) is 3.77. The maximum atomic E-state index is 13.1. The van der Waals surface area contributed by atoms with E-state index in [2.05, 4.69) is 10.2 Å². The molecule has 7 heteroatoms. The Hall–Kier alpha value is -2.96. The SMILES string of the molecule is Cc1cn(-c2cccc(N3CC(C(=O)NC4CCCC4)C3)c2)c2ccc(C(F)(F)F)cc12. The second-order valence-electron chi connectivity index (χ2n) is 9.02. The lowest BCUT2D eigenvalue weighted by Crippen LogP contribution is -2.55. The fourth-order valence-electron chi connectivity index (χ4n) is 4.87. The van der Waals surface area contributed by atoms with Crippen LogP contribution in [-0.4, -0.2) is 29.6 Å². The predicted octanol–water partition coefficient (Wildman–Crippen LogP) is 5.45. The van der Waals surface area contributed by atoms with E-state index in [0.717, 1.165) is 41.4 Å². The number of aromatic nitrogens is 1. The minimum Gasteiger partial charge on any atom is -0.370 e. The number of nitrogens with zero attached hydrogens (tertiary/aromatic N) is 2. The summed E-state index contributed by atoms with van der Waals surface area (Å²) in [5.41, 5.74) is 2.80. The molecule has 5 rings (SSSR count). The number of hydrogen-bond donors (Lipinski definition) is 1. The van der Waals surface area contributed by atoms with E-state index in [0.29, 0.717) is 24.5 Å². The Labute approximate surface area is 185 Å². The van der Waals surface area contributed by atoms with Crippen molar-refractivity contribution in [2.45, 2.75) is 44.8 Å². The lowest BCUT2D eigenvalue weighted by molar-refractivity contribution is -0.137. The molecule has 2 fully saturated rings. The highest BCUT2D eigenvalue weighted by Gasteiger charge is 2.34. The fourth-order valence-corrected chi connectivity index (χ4v) is 4.87. The van der Waals surface area contributed by atoms with Gasteiger partial charge in [0.15, 0.2) is 0 Å². The van der Waals surface area contributed by atoms with E-state index in [4.69, 9.17) is 0 Å². The van der Waals surface area contributed by atoms with Gasteiger partial charge in [0.05, 0.1) is 17.0 Å². The number of benzene rings is 2. The number of carbonyl (C=O) groups is 1. The number of amides is 1. The van der Waals surface area contributed by atoms with Crippen LogP contribution in [-0.2, 0) is 11.0 Å². The number of anilines is 1. The molecule has 0 bridgehead atoms. The zero-order chi connectivity index (χ0) is 22.5. The third-order valence-electron chi connectivity index (χ3n) is 6.76. The monoisotopic (exact) mass is 441 g/mol. The standard InChI is InChI=1S/C25H26F3N3O/c1-16-13-31(23-10-9-18(11-22(16)23)25(26,27)28)21-8-4-7-20(12-21)30-14-17(15-30)24(32)29-19-5-2-3-6-19/h4,7-13,17,19H,2-3,5-6,14-15H2,1H3,(H,29,32). The van der Waals surface area contributed by atoms with Gasteiger partial charge in [0.2, 0.25) is 5.91 Å². The Bertz CT molecular complexity index is 1150. The highest BCUT2D eigenvalue weighted by Crippen LogP contribution is 2.34. The Balaban J connectivity index is 1.34. The molecule has 2 aromatic carbocycles. The summed E-state index contributed by atoms with van der Waals surface area (Å²) < 4.78 is 41.3. The maximum Gasteiger partial charge on any atom is 0.416 e. The Kier molecular flexibility index (Phi) is 5.14. The van der Waals surface area contributed by atoms with Crippen molar-refractivity contribution in [1.29, 1.82) is 0 Å². The van der Waals surface area contributed by atoms with Crippen molar-refractivity contribution < 1.29 is 18.0 Å². The van der Waals surface area contributed by atoms with Crippen LogP contribution in [0.2, 0.25) is 0 Å². The van der Waals surface area contributed by atoms with Gasteiger partial charge in [0, 0.05) is 42.1 Å². The molecule has 1 aromatic heterocycles. The largest absolute Gasteiger partial charge is 0.416 e.